The summed E-state index contributed by atoms with van der Waals surface area (Å²) in [5.41, 5.74) is 2.11. The third-order valence-electron chi connectivity index (χ3n) is 6.04. The highest BCUT2D eigenvalue weighted by atomic mass is 35.5. The molecule has 198 valence electrons. The van der Waals surface area contributed by atoms with Gasteiger partial charge in [-0.25, -0.2) is 0 Å². The highest BCUT2D eigenvalue weighted by Crippen LogP contribution is 2.44. The van der Waals surface area contributed by atoms with Crippen LogP contribution in [0, 0.1) is 0 Å². The third-order valence-corrected chi connectivity index (χ3v) is 8.42. The molecule has 0 saturated carbocycles. The summed E-state index contributed by atoms with van der Waals surface area (Å²) in [6.07, 6.45) is 0.866. The Kier molecular flexibility index (Phi) is 8.30. The van der Waals surface area contributed by atoms with Crippen LogP contribution in [0.4, 0.5) is 5.13 Å². The molecule has 1 aromatic heterocycles. The van der Waals surface area contributed by atoms with Gasteiger partial charge in [-0.15, -0.1) is 10.2 Å². The number of nitrogens with zero attached hydrogens (tertiary/aromatic N) is 3. The number of benzene rings is 3. The average molecular weight is 578 g/mol. The van der Waals surface area contributed by atoms with Gasteiger partial charge in [0.25, 0.3) is 5.78 Å². The van der Waals surface area contributed by atoms with Gasteiger partial charge in [0.1, 0.15) is 11.5 Å². The van der Waals surface area contributed by atoms with Gasteiger partial charge in [0.05, 0.1) is 18.2 Å². The van der Waals surface area contributed by atoms with Crippen molar-refractivity contribution in [3.63, 3.8) is 0 Å². The maximum atomic E-state index is 13.4. The monoisotopic (exact) mass is 577 g/mol. The molecule has 1 N–H and O–H groups in total. The first-order chi connectivity index (χ1) is 19.0. The van der Waals surface area contributed by atoms with Crippen molar-refractivity contribution in [2.24, 2.45) is 0 Å². The number of aromatic nitrogens is 2. The van der Waals surface area contributed by atoms with E-state index in [2.05, 4.69) is 10.2 Å². The molecule has 1 aliphatic rings. The van der Waals surface area contributed by atoms with E-state index in [9.17, 15) is 14.7 Å². The summed E-state index contributed by atoms with van der Waals surface area (Å²) in [6, 6.07) is 22.6. The van der Waals surface area contributed by atoms with E-state index in [0.29, 0.717) is 38.6 Å². The first-order valence-corrected chi connectivity index (χ1v) is 14.4. The fourth-order valence-corrected chi connectivity index (χ4v) is 6.10. The average Bonchev–Trinajstić information content (AvgIpc) is 3.53. The first kappa shape index (κ1) is 26.9. The van der Waals surface area contributed by atoms with Crippen LogP contribution in [-0.2, 0) is 15.3 Å². The maximum Gasteiger partial charge on any atom is 0.301 e. The molecule has 1 aliphatic heterocycles. The minimum absolute atomic E-state index is 0.0294. The van der Waals surface area contributed by atoms with Gasteiger partial charge >= 0.3 is 5.91 Å². The molecule has 39 heavy (non-hydrogen) atoms. The number of anilines is 1. The topological polar surface area (TPSA) is 92.6 Å². The first-order valence-electron chi connectivity index (χ1n) is 12.3. The summed E-state index contributed by atoms with van der Waals surface area (Å²) in [5, 5.41) is 20.5. The quantitative estimate of drug-likeness (QED) is 0.0760. The molecule has 5 rings (SSSR count). The highest BCUT2D eigenvalue weighted by molar-refractivity contribution is 8.00. The summed E-state index contributed by atoms with van der Waals surface area (Å²) in [5.74, 6) is -0.504. The molecule has 1 unspecified atom stereocenters. The van der Waals surface area contributed by atoms with Crippen LogP contribution in [0.2, 0.25) is 5.02 Å². The van der Waals surface area contributed by atoms with E-state index in [1.54, 1.807) is 48.5 Å². The standard InChI is InChI=1S/C29H24ClN3O4S2/c1-2-16-37-22-14-10-19(11-15-22)24-23(25(34)20-8-12-21(30)13-9-20)26(35)27(36)33(24)28-31-32-29(39-28)38-17-18-6-4-3-5-7-18/h3-15,24,34H,2,16-17H2,1H3/b25-23-. The summed E-state index contributed by atoms with van der Waals surface area (Å²) in [4.78, 5) is 28.1. The molecule has 7 nitrogen and oxygen atoms in total. The zero-order valence-electron chi connectivity index (χ0n) is 20.9. The van der Waals surface area contributed by atoms with Crippen LogP contribution in [0.1, 0.15) is 36.1 Å². The molecule has 0 bridgehead atoms. The Hall–Kier alpha value is -3.66. The van der Waals surface area contributed by atoms with Gasteiger partial charge in [0, 0.05) is 16.3 Å². The second kappa shape index (κ2) is 12.0. The molecule has 2 heterocycles. The van der Waals surface area contributed by atoms with Crippen LogP contribution < -0.4 is 9.64 Å². The van der Waals surface area contributed by atoms with E-state index in [-0.39, 0.29) is 16.5 Å². The number of Topliss-reactive ketones (excluding diaryl/α,β-unsaturated/α-hetero) is 1. The Balaban J connectivity index is 1.53. The van der Waals surface area contributed by atoms with Crippen molar-refractivity contribution < 1.29 is 19.4 Å². The number of thioether (sulfide) groups is 1. The van der Waals surface area contributed by atoms with Gasteiger partial charge in [-0.1, -0.05) is 84.1 Å². The largest absolute Gasteiger partial charge is 0.507 e. The number of amides is 1. The van der Waals surface area contributed by atoms with E-state index in [1.165, 1.54) is 28.0 Å². The van der Waals surface area contributed by atoms with E-state index in [0.717, 1.165) is 12.0 Å². The number of hydrogen-bond acceptors (Lipinski definition) is 8. The van der Waals surface area contributed by atoms with Gasteiger partial charge in [-0.05, 0) is 53.9 Å². The Morgan fingerprint density at radius 1 is 1.03 bits per heavy atom. The Morgan fingerprint density at radius 3 is 2.44 bits per heavy atom. The molecule has 4 aromatic rings. The number of hydrogen-bond donors (Lipinski definition) is 1. The molecule has 1 saturated heterocycles. The number of carbonyl (C=O) groups excluding carboxylic acids is 2. The van der Waals surface area contributed by atoms with Gasteiger partial charge in [-0.2, -0.15) is 0 Å². The van der Waals surface area contributed by atoms with Gasteiger partial charge in [0.2, 0.25) is 5.13 Å². The molecule has 0 spiro atoms. The van der Waals surface area contributed by atoms with Crippen molar-refractivity contribution in [1.82, 2.24) is 10.2 Å². The number of aliphatic hydroxyl groups is 1. The van der Waals surface area contributed by atoms with Crippen molar-refractivity contribution >= 4 is 57.3 Å². The number of carbonyl (C=O) groups is 2. The van der Waals surface area contributed by atoms with Crippen LogP contribution in [0.3, 0.4) is 0 Å². The van der Waals surface area contributed by atoms with Crippen LogP contribution in [0.25, 0.3) is 5.76 Å². The fraction of sp³-hybridized carbons (Fsp3) is 0.172. The molecule has 3 aromatic carbocycles. The third kappa shape index (κ3) is 5.85. The van der Waals surface area contributed by atoms with E-state index in [4.69, 9.17) is 16.3 Å². The predicted molar refractivity (Wildman–Crippen MR) is 154 cm³/mol. The Bertz CT molecular complexity index is 1510. The van der Waals surface area contributed by atoms with E-state index < -0.39 is 17.7 Å². The highest BCUT2D eigenvalue weighted by Gasteiger charge is 2.48. The van der Waals surface area contributed by atoms with E-state index >= 15 is 0 Å². The minimum atomic E-state index is -0.902. The molecule has 1 atom stereocenters. The molecular formula is C29H24ClN3O4S2. The SMILES string of the molecule is CCCOc1ccc(C2/C(=C(/O)c3ccc(Cl)cc3)C(=O)C(=O)N2c2nnc(SCc3ccccc3)s2)cc1. The molecule has 10 heteroatoms. The lowest BCUT2D eigenvalue weighted by molar-refractivity contribution is -0.132. The minimum Gasteiger partial charge on any atom is -0.507 e. The van der Waals surface area contributed by atoms with Crippen molar-refractivity contribution in [2.45, 2.75) is 29.5 Å². The second-order valence-corrected chi connectivity index (χ2v) is 11.3. The number of ketones is 1. The predicted octanol–water partition coefficient (Wildman–Crippen LogP) is 6.90. The molecule has 1 amide bonds. The molecule has 0 aliphatic carbocycles. The number of rotatable bonds is 9. The van der Waals surface area contributed by atoms with Gasteiger partial charge in [0.15, 0.2) is 4.34 Å². The lowest BCUT2D eigenvalue weighted by Gasteiger charge is -2.22. The van der Waals surface area contributed by atoms with Gasteiger partial charge in [-0.3, -0.25) is 14.5 Å². The van der Waals surface area contributed by atoms with Crippen molar-refractivity contribution in [3.8, 4) is 5.75 Å². The van der Waals surface area contributed by atoms with E-state index in [1.807, 2.05) is 37.3 Å². The lowest BCUT2D eigenvalue weighted by Crippen LogP contribution is -2.29. The van der Waals surface area contributed by atoms with Crippen LogP contribution >= 0.6 is 34.7 Å². The smallest absolute Gasteiger partial charge is 0.301 e. The Morgan fingerprint density at radius 2 is 1.74 bits per heavy atom. The zero-order chi connectivity index (χ0) is 27.4. The second-order valence-electron chi connectivity index (χ2n) is 8.72. The molecule has 1 fully saturated rings. The van der Waals surface area contributed by atoms with Crippen LogP contribution in [0.15, 0.2) is 88.8 Å². The lowest BCUT2D eigenvalue weighted by atomic mass is 9.95. The van der Waals surface area contributed by atoms with Crippen molar-refractivity contribution in [3.05, 3.63) is 106 Å². The zero-order valence-corrected chi connectivity index (χ0v) is 23.3. The number of ether oxygens (including phenoxy) is 1. The van der Waals surface area contributed by atoms with Crippen molar-refractivity contribution in [2.75, 3.05) is 11.5 Å². The summed E-state index contributed by atoms with van der Waals surface area (Å²) in [7, 11) is 0. The Labute approximate surface area is 239 Å². The molecule has 0 radical (unpaired) electrons. The number of halogens is 1. The van der Waals surface area contributed by atoms with Gasteiger partial charge < -0.3 is 9.84 Å². The number of aliphatic hydroxyl groups excluding tert-OH is 1. The maximum absolute atomic E-state index is 13.4. The fourth-order valence-electron chi connectivity index (χ4n) is 4.15. The van der Waals surface area contributed by atoms with Crippen molar-refractivity contribution in [1.29, 1.82) is 0 Å². The molecular weight excluding hydrogens is 554 g/mol. The normalized spacial score (nSPS) is 16.6. The van der Waals surface area contributed by atoms with Crippen LogP contribution in [0.5, 0.6) is 5.75 Å². The summed E-state index contributed by atoms with van der Waals surface area (Å²) in [6.45, 7) is 2.59. The summed E-state index contributed by atoms with van der Waals surface area (Å²) >= 11 is 8.74. The summed E-state index contributed by atoms with van der Waals surface area (Å²) < 4.78 is 6.37. The van der Waals surface area contributed by atoms with Crippen LogP contribution in [-0.4, -0.2) is 33.6 Å².